The second-order valence-corrected chi connectivity index (χ2v) is 12.5. The Labute approximate surface area is 293 Å². The van der Waals surface area contributed by atoms with Crippen LogP contribution in [-0.4, -0.2) is 99.6 Å². The van der Waals surface area contributed by atoms with Crippen LogP contribution in [0.15, 0.2) is 12.2 Å². The third-order valence-electron chi connectivity index (χ3n) is 7.99. The number of nitrogens with one attached hydrogen (secondary N) is 2. The van der Waals surface area contributed by atoms with Crippen LogP contribution in [-0.2, 0) is 24.0 Å². The van der Waals surface area contributed by atoms with E-state index in [2.05, 4.69) is 17.6 Å². The monoisotopic (exact) mass is 698 g/mol. The predicted molar refractivity (Wildman–Crippen MR) is 187 cm³/mol. The molecule has 0 aromatic rings. The Bertz CT molecular complexity index is 936. The van der Waals surface area contributed by atoms with Gasteiger partial charge in [-0.1, -0.05) is 57.6 Å². The molecule has 0 aliphatic heterocycles. The van der Waals surface area contributed by atoms with Crippen molar-refractivity contribution in [3.63, 3.8) is 0 Å². The van der Waals surface area contributed by atoms with E-state index < -0.39 is 11.8 Å². The van der Waals surface area contributed by atoms with Gasteiger partial charge < -0.3 is 16.4 Å². The largest absolute Gasteiger partial charge is 0.356 e. The maximum Gasteiger partial charge on any atom is 0.249 e. The zero-order valence-electron chi connectivity index (χ0n) is 30.0. The van der Waals surface area contributed by atoms with Crippen molar-refractivity contribution in [2.24, 2.45) is 5.73 Å². The summed E-state index contributed by atoms with van der Waals surface area (Å²) >= 11 is 0. The maximum atomic E-state index is 12.1. The van der Waals surface area contributed by atoms with Crippen molar-refractivity contribution in [2.45, 2.75) is 142 Å². The van der Waals surface area contributed by atoms with Crippen molar-refractivity contribution < 1.29 is 39.6 Å². The molecular weight excluding hydrogens is 632 g/mol. The average molecular weight is 699 g/mol. The van der Waals surface area contributed by atoms with E-state index in [4.69, 9.17) is 5.73 Å². The van der Waals surface area contributed by atoms with Gasteiger partial charge in [-0.05, 0) is 70.8 Å². The third-order valence-corrected chi connectivity index (χ3v) is 7.99. The van der Waals surface area contributed by atoms with E-state index in [-0.39, 0.29) is 69.5 Å². The Morgan fingerprint density at radius 1 is 0.531 bits per heavy atom. The van der Waals surface area contributed by atoms with Crippen molar-refractivity contribution >= 4 is 29.5 Å². The first-order chi connectivity index (χ1) is 23.6. The van der Waals surface area contributed by atoms with Crippen molar-refractivity contribution in [2.75, 3.05) is 39.3 Å². The number of allylic oxidation sites excluding steroid dienone is 1. The van der Waals surface area contributed by atoms with Crippen LogP contribution in [0.25, 0.3) is 0 Å². The second-order valence-electron chi connectivity index (χ2n) is 12.5. The number of carbonyl (C=O) groups excluding carboxylic acids is 5. The molecule has 0 aromatic heterocycles. The minimum Gasteiger partial charge on any atom is -0.356 e. The molecule has 0 spiro atoms. The van der Waals surface area contributed by atoms with Crippen LogP contribution in [0.4, 0.5) is 0 Å². The van der Waals surface area contributed by atoms with Crippen molar-refractivity contribution in [1.82, 2.24) is 25.8 Å². The molecule has 5 amide bonds. The smallest absolute Gasteiger partial charge is 0.249 e. The molecule has 0 rings (SSSR count). The Kier molecular flexibility index (Phi) is 30.1. The van der Waals surface area contributed by atoms with Gasteiger partial charge in [0.15, 0.2) is 0 Å². The molecule has 14 heteroatoms. The normalized spacial score (nSPS) is 11.0. The number of unbranched alkanes of at least 4 members (excludes halogenated alkanes) is 12. The highest BCUT2D eigenvalue weighted by atomic mass is 16.5. The molecule has 0 fully saturated rings. The number of rotatable bonds is 32. The van der Waals surface area contributed by atoms with E-state index in [1.54, 1.807) is 0 Å². The van der Waals surface area contributed by atoms with Gasteiger partial charge in [-0.2, -0.15) is 0 Å². The standard InChI is InChI=1S/C35H66N6O8/c1-2-3-4-5-6-7-8-9-13-20-33(44)39(47)29-18-11-15-26-37-32(43)22-24-35(46)41(49)30-19-12-16-27-38-31(42)21-23-34(45)40(48)28-17-10-14-25-36/h9,13,47-49H,2-8,10-12,14-30,36H2,1H3,(H,37,43)(H,38,42). The van der Waals surface area contributed by atoms with Gasteiger partial charge in [-0.25, -0.2) is 15.2 Å². The molecular formula is C35H66N6O8. The van der Waals surface area contributed by atoms with E-state index in [9.17, 15) is 39.6 Å². The lowest BCUT2D eigenvalue weighted by atomic mass is 10.1. The zero-order chi connectivity index (χ0) is 36.5. The van der Waals surface area contributed by atoms with Gasteiger partial charge >= 0.3 is 0 Å². The lowest BCUT2D eigenvalue weighted by Crippen LogP contribution is -2.31. The lowest BCUT2D eigenvalue weighted by molar-refractivity contribution is -0.166. The summed E-state index contributed by atoms with van der Waals surface area (Å²) in [5.74, 6) is -1.96. The van der Waals surface area contributed by atoms with Crippen LogP contribution in [0.5, 0.6) is 0 Å². The third kappa shape index (κ3) is 28.5. The average Bonchev–Trinajstić information content (AvgIpc) is 3.09. The Balaban J connectivity index is 3.78. The molecule has 0 aromatic carbocycles. The minimum atomic E-state index is -0.546. The fraction of sp³-hybridized carbons (Fsp3) is 0.800. The number of nitrogens with zero attached hydrogens (tertiary/aromatic N) is 3. The summed E-state index contributed by atoms with van der Waals surface area (Å²) in [7, 11) is 0. The molecule has 0 aliphatic carbocycles. The zero-order valence-corrected chi connectivity index (χ0v) is 30.0. The Hall–Kier alpha value is -3.07. The summed E-state index contributed by atoms with van der Waals surface area (Å²) in [6.45, 7) is 4.13. The van der Waals surface area contributed by atoms with Crippen LogP contribution < -0.4 is 16.4 Å². The molecule has 0 aliphatic rings. The molecule has 0 heterocycles. The highest BCUT2D eigenvalue weighted by Gasteiger charge is 2.14. The minimum absolute atomic E-state index is 0.0203. The molecule has 0 radical (unpaired) electrons. The maximum absolute atomic E-state index is 12.1. The first kappa shape index (κ1) is 45.9. The van der Waals surface area contributed by atoms with Crippen molar-refractivity contribution in [1.29, 1.82) is 0 Å². The van der Waals surface area contributed by atoms with E-state index in [0.29, 0.717) is 74.7 Å². The lowest BCUT2D eigenvalue weighted by Gasteiger charge is -2.15. The van der Waals surface area contributed by atoms with E-state index in [1.807, 2.05) is 12.2 Å². The van der Waals surface area contributed by atoms with Crippen LogP contribution >= 0.6 is 0 Å². The number of hydrogen-bond acceptors (Lipinski definition) is 9. The summed E-state index contributed by atoms with van der Waals surface area (Å²) in [6.07, 6.45) is 18.1. The van der Waals surface area contributed by atoms with Gasteiger partial charge in [0.05, 0.1) is 0 Å². The predicted octanol–water partition coefficient (Wildman–Crippen LogP) is 4.60. The van der Waals surface area contributed by atoms with Crippen LogP contribution in [0, 0.1) is 0 Å². The molecule has 284 valence electrons. The summed E-state index contributed by atoms with van der Waals surface area (Å²) in [6, 6.07) is 0. The molecule has 0 unspecified atom stereocenters. The van der Waals surface area contributed by atoms with Crippen molar-refractivity contribution in [3.8, 4) is 0 Å². The number of hydroxylamine groups is 6. The van der Waals surface area contributed by atoms with Gasteiger partial charge in [0.1, 0.15) is 0 Å². The molecule has 14 nitrogen and oxygen atoms in total. The SMILES string of the molecule is CCCCCCCCC=CCC(=O)N(O)CCCCCNC(=O)CCC(=O)N(O)CCCCCNC(=O)CCC(=O)N(O)CCCCCN. The van der Waals surface area contributed by atoms with Gasteiger partial charge in [-0.3, -0.25) is 39.6 Å². The van der Waals surface area contributed by atoms with Crippen LogP contribution in [0.2, 0.25) is 0 Å². The summed E-state index contributed by atoms with van der Waals surface area (Å²) in [5.41, 5.74) is 5.41. The Morgan fingerprint density at radius 2 is 0.959 bits per heavy atom. The van der Waals surface area contributed by atoms with E-state index in [0.717, 1.165) is 30.7 Å². The quantitative estimate of drug-likeness (QED) is 0.0251. The number of nitrogens with two attached hydrogens (primary N) is 1. The highest BCUT2D eigenvalue weighted by Crippen LogP contribution is 2.08. The first-order valence-corrected chi connectivity index (χ1v) is 18.5. The van der Waals surface area contributed by atoms with E-state index >= 15 is 0 Å². The first-order valence-electron chi connectivity index (χ1n) is 18.5. The topological polar surface area (TPSA) is 206 Å². The highest BCUT2D eigenvalue weighted by molar-refractivity contribution is 5.83. The molecule has 49 heavy (non-hydrogen) atoms. The van der Waals surface area contributed by atoms with Crippen LogP contribution in [0.3, 0.4) is 0 Å². The van der Waals surface area contributed by atoms with Gasteiger partial charge in [-0.15, -0.1) is 0 Å². The van der Waals surface area contributed by atoms with Gasteiger partial charge in [0.2, 0.25) is 29.5 Å². The number of amides is 5. The molecule has 7 N–H and O–H groups in total. The summed E-state index contributed by atoms with van der Waals surface area (Å²) < 4.78 is 0. The van der Waals surface area contributed by atoms with E-state index in [1.165, 1.54) is 32.1 Å². The Morgan fingerprint density at radius 3 is 1.45 bits per heavy atom. The van der Waals surface area contributed by atoms with Crippen molar-refractivity contribution in [3.05, 3.63) is 12.2 Å². The molecule has 0 saturated carbocycles. The molecule has 0 saturated heterocycles. The molecule has 0 bridgehead atoms. The second kappa shape index (κ2) is 32.2. The summed E-state index contributed by atoms with van der Waals surface area (Å²) in [4.78, 5) is 60.0. The summed E-state index contributed by atoms with van der Waals surface area (Å²) in [5, 5.41) is 37.1. The fourth-order valence-electron chi connectivity index (χ4n) is 4.86. The number of hydrogen-bond donors (Lipinski definition) is 6. The number of carbonyl (C=O) groups is 5. The van der Waals surface area contributed by atoms with Gasteiger partial charge in [0, 0.05) is 64.8 Å². The fourth-order valence-corrected chi connectivity index (χ4v) is 4.86. The molecule has 0 atom stereocenters. The van der Waals surface area contributed by atoms with Crippen LogP contribution in [0.1, 0.15) is 142 Å². The van der Waals surface area contributed by atoms with Gasteiger partial charge in [0.25, 0.3) is 0 Å².